The summed E-state index contributed by atoms with van der Waals surface area (Å²) in [6.07, 6.45) is 6.37. The first-order valence-corrected chi connectivity index (χ1v) is 7.86. The highest BCUT2D eigenvalue weighted by molar-refractivity contribution is 5.39. The minimum atomic E-state index is 0.470. The van der Waals surface area contributed by atoms with E-state index in [4.69, 9.17) is 9.47 Å². The fraction of sp³-hybridized carbons (Fsp3) is 0.647. The molecule has 2 heterocycles. The smallest absolute Gasteiger partial charge is 0.122 e. The van der Waals surface area contributed by atoms with Gasteiger partial charge in [0.15, 0.2) is 0 Å². The van der Waals surface area contributed by atoms with Crippen molar-refractivity contribution < 1.29 is 9.47 Å². The Kier molecular flexibility index (Phi) is 4.58. The number of rotatable bonds is 6. The summed E-state index contributed by atoms with van der Waals surface area (Å²) in [5, 5.41) is 0. The second-order valence-electron chi connectivity index (χ2n) is 6.04. The lowest BCUT2D eigenvalue weighted by molar-refractivity contribution is 0.0810. The summed E-state index contributed by atoms with van der Waals surface area (Å²) in [4.78, 5) is 2.41. The number of aryl methyl sites for hydroxylation is 1. The molecule has 0 aromatic heterocycles. The SMILES string of the molecule is CN(CCCc1ccc2c(c1)CCO2)CC1CCCO1. The lowest BCUT2D eigenvalue weighted by Gasteiger charge is -2.20. The summed E-state index contributed by atoms with van der Waals surface area (Å²) < 4.78 is 11.2. The molecule has 3 heteroatoms. The quantitative estimate of drug-likeness (QED) is 0.796. The lowest BCUT2D eigenvalue weighted by atomic mass is 10.0. The Balaban J connectivity index is 1.40. The van der Waals surface area contributed by atoms with E-state index in [1.165, 1.54) is 30.4 Å². The van der Waals surface area contributed by atoms with E-state index in [-0.39, 0.29) is 0 Å². The molecule has 1 atom stereocenters. The molecule has 3 rings (SSSR count). The van der Waals surface area contributed by atoms with E-state index < -0.39 is 0 Å². The first-order chi connectivity index (χ1) is 9.81. The molecule has 110 valence electrons. The van der Waals surface area contributed by atoms with E-state index in [1.807, 2.05) is 0 Å². The number of hydrogen-bond acceptors (Lipinski definition) is 3. The van der Waals surface area contributed by atoms with Crippen LogP contribution < -0.4 is 4.74 Å². The van der Waals surface area contributed by atoms with Gasteiger partial charge in [-0.25, -0.2) is 0 Å². The highest BCUT2D eigenvalue weighted by atomic mass is 16.5. The summed E-state index contributed by atoms with van der Waals surface area (Å²) in [5.74, 6) is 1.09. The largest absolute Gasteiger partial charge is 0.493 e. The maximum Gasteiger partial charge on any atom is 0.122 e. The first kappa shape index (κ1) is 13.9. The van der Waals surface area contributed by atoms with Crippen LogP contribution in [0, 0.1) is 0 Å². The normalized spacial score (nSPS) is 21.2. The molecule has 0 amide bonds. The van der Waals surface area contributed by atoms with Crippen molar-refractivity contribution in [3.05, 3.63) is 29.3 Å². The maximum absolute atomic E-state index is 5.68. The third-order valence-corrected chi connectivity index (χ3v) is 4.30. The van der Waals surface area contributed by atoms with E-state index in [0.29, 0.717) is 6.10 Å². The minimum Gasteiger partial charge on any atom is -0.493 e. The van der Waals surface area contributed by atoms with Gasteiger partial charge in [0.25, 0.3) is 0 Å². The topological polar surface area (TPSA) is 21.7 Å². The molecule has 1 aromatic rings. The lowest BCUT2D eigenvalue weighted by Crippen LogP contribution is -2.29. The molecule has 20 heavy (non-hydrogen) atoms. The number of fused-ring (bicyclic) bond motifs is 1. The fourth-order valence-electron chi connectivity index (χ4n) is 3.18. The van der Waals surface area contributed by atoms with Gasteiger partial charge in [0.2, 0.25) is 0 Å². The van der Waals surface area contributed by atoms with E-state index in [0.717, 1.165) is 44.9 Å². The summed E-state index contributed by atoms with van der Waals surface area (Å²) in [6.45, 7) is 4.03. The van der Waals surface area contributed by atoms with Crippen molar-refractivity contribution in [1.29, 1.82) is 0 Å². The van der Waals surface area contributed by atoms with Crippen molar-refractivity contribution in [2.24, 2.45) is 0 Å². The summed E-state index contributed by atoms with van der Waals surface area (Å²) >= 11 is 0. The molecular weight excluding hydrogens is 250 g/mol. The van der Waals surface area contributed by atoms with Crippen LogP contribution >= 0.6 is 0 Å². The predicted molar refractivity (Wildman–Crippen MR) is 80.4 cm³/mol. The van der Waals surface area contributed by atoms with Crippen molar-refractivity contribution in [2.45, 2.75) is 38.2 Å². The van der Waals surface area contributed by atoms with Crippen LogP contribution in [-0.4, -0.2) is 44.4 Å². The van der Waals surface area contributed by atoms with Crippen LogP contribution in [0.15, 0.2) is 18.2 Å². The zero-order valence-electron chi connectivity index (χ0n) is 12.4. The van der Waals surface area contributed by atoms with Gasteiger partial charge in [0.05, 0.1) is 12.7 Å². The van der Waals surface area contributed by atoms with E-state index >= 15 is 0 Å². The van der Waals surface area contributed by atoms with Crippen LogP contribution in [0.25, 0.3) is 0 Å². The van der Waals surface area contributed by atoms with Crippen molar-refractivity contribution in [2.75, 3.05) is 33.4 Å². The van der Waals surface area contributed by atoms with Gasteiger partial charge in [-0.1, -0.05) is 12.1 Å². The van der Waals surface area contributed by atoms with Gasteiger partial charge in [-0.15, -0.1) is 0 Å². The molecule has 1 saturated heterocycles. The zero-order valence-corrected chi connectivity index (χ0v) is 12.4. The first-order valence-electron chi connectivity index (χ1n) is 7.86. The van der Waals surface area contributed by atoms with Gasteiger partial charge in [0, 0.05) is 19.6 Å². The van der Waals surface area contributed by atoms with E-state index in [1.54, 1.807) is 0 Å². The highest BCUT2D eigenvalue weighted by Crippen LogP contribution is 2.26. The van der Waals surface area contributed by atoms with Crippen LogP contribution in [0.3, 0.4) is 0 Å². The molecule has 0 radical (unpaired) electrons. The van der Waals surface area contributed by atoms with Gasteiger partial charge in [0.1, 0.15) is 5.75 Å². The average molecular weight is 275 g/mol. The standard InChI is InChI=1S/C17H25NO2/c1-18(13-16-5-3-10-19-16)9-2-4-14-6-7-17-15(12-14)8-11-20-17/h6-7,12,16H,2-5,8-11,13H2,1H3. The Morgan fingerprint density at radius 2 is 2.25 bits per heavy atom. The Bertz CT molecular complexity index is 441. The molecule has 0 aliphatic carbocycles. The average Bonchev–Trinajstić information content (AvgIpc) is 3.09. The number of hydrogen-bond donors (Lipinski definition) is 0. The van der Waals surface area contributed by atoms with Crippen LogP contribution in [0.2, 0.25) is 0 Å². The molecule has 2 aliphatic heterocycles. The molecule has 3 nitrogen and oxygen atoms in total. The molecule has 1 aromatic carbocycles. The third-order valence-electron chi connectivity index (χ3n) is 4.30. The summed E-state index contributed by atoms with van der Waals surface area (Å²) in [5.41, 5.74) is 2.83. The Morgan fingerprint density at radius 1 is 1.30 bits per heavy atom. The molecule has 1 unspecified atom stereocenters. The zero-order chi connectivity index (χ0) is 13.8. The van der Waals surface area contributed by atoms with Crippen molar-refractivity contribution >= 4 is 0 Å². The molecule has 0 saturated carbocycles. The predicted octanol–water partition coefficient (Wildman–Crippen LogP) is 2.66. The summed E-state index contributed by atoms with van der Waals surface area (Å²) in [6, 6.07) is 6.67. The highest BCUT2D eigenvalue weighted by Gasteiger charge is 2.17. The summed E-state index contributed by atoms with van der Waals surface area (Å²) in [7, 11) is 2.21. The monoisotopic (exact) mass is 275 g/mol. The van der Waals surface area contributed by atoms with Crippen molar-refractivity contribution in [1.82, 2.24) is 4.90 Å². The Hall–Kier alpha value is -1.06. The number of likely N-dealkylation sites (N-methyl/N-ethyl adjacent to an activating group) is 1. The van der Waals surface area contributed by atoms with E-state index in [9.17, 15) is 0 Å². The van der Waals surface area contributed by atoms with E-state index in [2.05, 4.69) is 30.1 Å². The van der Waals surface area contributed by atoms with Crippen LogP contribution in [-0.2, 0) is 17.6 Å². The Morgan fingerprint density at radius 3 is 3.10 bits per heavy atom. The van der Waals surface area contributed by atoms with Gasteiger partial charge in [-0.05, 0) is 56.5 Å². The van der Waals surface area contributed by atoms with Gasteiger partial charge in [-0.2, -0.15) is 0 Å². The second-order valence-corrected chi connectivity index (χ2v) is 6.04. The molecular formula is C17H25NO2. The number of benzene rings is 1. The molecule has 0 bridgehead atoms. The Labute approximate surface area is 121 Å². The molecule has 1 fully saturated rings. The van der Waals surface area contributed by atoms with Crippen molar-refractivity contribution in [3.63, 3.8) is 0 Å². The van der Waals surface area contributed by atoms with Gasteiger partial charge in [-0.3, -0.25) is 0 Å². The van der Waals surface area contributed by atoms with Crippen LogP contribution in [0.4, 0.5) is 0 Å². The molecule has 0 spiro atoms. The minimum absolute atomic E-state index is 0.470. The second kappa shape index (κ2) is 6.59. The number of nitrogens with zero attached hydrogens (tertiary/aromatic N) is 1. The maximum atomic E-state index is 5.68. The van der Waals surface area contributed by atoms with Gasteiger partial charge < -0.3 is 14.4 Å². The molecule has 0 N–H and O–H groups in total. The van der Waals surface area contributed by atoms with Crippen molar-refractivity contribution in [3.8, 4) is 5.75 Å². The number of ether oxygens (including phenoxy) is 2. The van der Waals surface area contributed by atoms with Crippen LogP contribution in [0.1, 0.15) is 30.4 Å². The fourth-order valence-corrected chi connectivity index (χ4v) is 3.18. The third kappa shape index (κ3) is 3.53. The van der Waals surface area contributed by atoms with Crippen LogP contribution in [0.5, 0.6) is 5.75 Å². The molecule has 2 aliphatic rings. The van der Waals surface area contributed by atoms with Gasteiger partial charge >= 0.3 is 0 Å².